The molecule has 0 heterocycles. The third-order valence-electron chi connectivity index (χ3n) is 2.93. The third-order valence-corrected chi connectivity index (χ3v) is 3.55. The Bertz CT molecular complexity index is 435. The van der Waals surface area contributed by atoms with Crippen LogP contribution in [0.3, 0.4) is 0 Å². The number of ether oxygens (including phenoxy) is 1. The molecule has 0 spiro atoms. The van der Waals surface area contributed by atoms with Crippen LogP contribution in [0.2, 0.25) is 0 Å². The topological polar surface area (TPSA) is 32.8 Å². The minimum atomic E-state index is 0.120. The number of carbonyl (C=O) groups excluding carboxylic acids is 1. The van der Waals surface area contributed by atoms with E-state index in [0.29, 0.717) is 6.54 Å². The number of carbonyl (C=O) groups is 1. The van der Waals surface area contributed by atoms with Gasteiger partial charge in [-0.2, -0.15) is 0 Å². The fraction of sp³-hybridized carbons (Fsp3) is 0.500. The van der Waals surface area contributed by atoms with Gasteiger partial charge in [-0.15, -0.1) is 0 Å². The monoisotopic (exact) mass is 328 g/mol. The highest BCUT2D eigenvalue weighted by atomic mass is 79.9. The van der Waals surface area contributed by atoms with Gasteiger partial charge in [-0.3, -0.25) is 9.69 Å². The van der Waals surface area contributed by atoms with Crippen LogP contribution in [-0.4, -0.2) is 50.0 Å². The largest absolute Gasteiger partial charge is 0.496 e. The summed E-state index contributed by atoms with van der Waals surface area (Å²) < 4.78 is 6.14. The molecule has 0 radical (unpaired) electrons. The molecule has 0 saturated heterocycles. The van der Waals surface area contributed by atoms with Gasteiger partial charge in [0.2, 0.25) is 5.91 Å². The average molecular weight is 329 g/mol. The molecule has 0 aliphatic heterocycles. The molecule has 0 atom stereocenters. The van der Waals surface area contributed by atoms with Crippen LogP contribution in [0.5, 0.6) is 5.75 Å². The van der Waals surface area contributed by atoms with Crippen LogP contribution in [0, 0.1) is 0 Å². The van der Waals surface area contributed by atoms with E-state index in [1.54, 1.807) is 26.1 Å². The second-order valence-electron chi connectivity index (χ2n) is 4.56. The molecule has 1 rings (SSSR count). The summed E-state index contributed by atoms with van der Waals surface area (Å²) in [6.07, 6.45) is 0. The fourth-order valence-corrected chi connectivity index (χ4v) is 2.27. The molecule has 19 heavy (non-hydrogen) atoms. The van der Waals surface area contributed by atoms with Gasteiger partial charge in [-0.1, -0.05) is 13.0 Å². The van der Waals surface area contributed by atoms with Crippen molar-refractivity contribution in [2.24, 2.45) is 0 Å². The number of amides is 1. The Labute approximate surface area is 123 Å². The molecule has 1 aromatic rings. The SMILES string of the molecule is CCN(CC(=O)N(C)C)Cc1ccc(OC)c(Br)c1. The number of hydrogen-bond donors (Lipinski definition) is 0. The first-order valence-electron chi connectivity index (χ1n) is 6.22. The minimum Gasteiger partial charge on any atom is -0.496 e. The molecule has 0 unspecified atom stereocenters. The first-order valence-corrected chi connectivity index (χ1v) is 7.02. The lowest BCUT2D eigenvalue weighted by Crippen LogP contribution is -2.36. The van der Waals surface area contributed by atoms with Crippen LogP contribution >= 0.6 is 15.9 Å². The standard InChI is InChI=1S/C14H21BrN2O2/c1-5-17(10-14(18)16(2)3)9-11-6-7-13(19-4)12(15)8-11/h6-8H,5,9-10H2,1-4H3. The lowest BCUT2D eigenvalue weighted by molar-refractivity contribution is -0.130. The zero-order valence-corrected chi connectivity index (χ0v) is 13.5. The normalized spacial score (nSPS) is 10.6. The number of benzene rings is 1. The van der Waals surface area contributed by atoms with Gasteiger partial charge in [0.15, 0.2) is 0 Å². The summed E-state index contributed by atoms with van der Waals surface area (Å²) in [5.41, 5.74) is 1.15. The van der Waals surface area contributed by atoms with E-state index in [4.69, 9.17) is 4.74 Å². The highest BCUT2D eigenvalue weighted by molar-refractivity contribution is 9.10. The van der Waals surface area contributed by atoms with Gasteiger partial charge in [0.05, 0.1) is 18.1 Å². The molecular formula is C14H21BrN2O2. The summed E-state index contributed by atoms with van der Waals surface area (Å²) in [6.45, 7) is 4.08. The number of hydrogen-bond acceptors (Lipinski definition) is 3. The maximum absolute atomic E-state index is 11.7. The Hall–Kier alpha value is -1.07. The Balaban J connectivity index is 2.70. The number of rotatable bonds is 6. The number of halogens is 1. The number of methoxy groups -OCH3 is 1. The van der Waals surface area contributed by atoms with E-state index in [9.17, 15) is 4.79 Å². The van der Waals surface area contributed by atoms with Gasteiger partial charge < -0.3 is 9.64 Å². The predicted octanol–water partition coefficient (Wildman–Crippen LogP) is 2.37. The van der Waals surface area contributed by atoms with Crippen LogP contribution in [0.4, 0.5) is 0 Å². The van der Waals surface area contributed by atoms with E-state index < -0.39 is 0 Å². The van der Waals surface area contributed by atoms with Crippen LogP contribution in [-0.2, 0) is 11.3 Å². The van der Waals surface area contributed by atoms with E-state index in [-0.39, 0.29) is 5.91 Å². The molecule has 0 saturated carbocycles. The van der Waals surface area contributed by atoms with E-state index >= 15 is 0 Å². The second kappa shape index (κ2) is 7.50. The lowest BCUT2D eigenvalue weighted by Gasteiger charge is -2.22. The molecule has 0 aliphatic carbocycles. The van der Waals surface area contributed by atoms with Crippen LogP contribution in [0.15, 0.2) is 22.7 Å². The molecule has 0 bridgehead atoms. The molecular weight excluding hydrogens is 308 g/mol. The van der Waals surface area contributed by atoms with Gasteiger partial charge in [0, 0.05) is 20.6 Å². The Kier molecular flexibility index (Phi) is 6.31. The fourth-order valence-electron chi connectivity index (χ4n) is 1.68. The zero-order valence-electron chi connectivity index (χ0n) is 11.9. The zero-order chi connectivity index (χ0) is 14.4. The van der Waals surface area contributed by atoms with E-state index in [1.807, 2.05) is 18.2 Å². The van der Waals surface area contributed by atoms with E-state index in [2.05, 4.69) is 27.8 Å². The molecule has 0 aromatic heterocycles. The van der Waals surface area contributed by atoms with Crippen molar-refractivity contribution in [1.29, 1.82) is 0 Å². The maximum atomic E-state index is 11.7. The lowest BCUT2D eigenvalue weighted by atomic mass is 10.2. The van der Waals surface area contributed by atoms with Gasteiger partial charge in [0.25, 0.3) is 0 Å². The molecule has 5 heteroatoms. The van der Waals surface area contributed by atoms with Crippen molar-refractivity contribution in [1.82, 2.24) is 9.80 Å². The predicted molar refractivity (Wildman–Crippen MR) is 80.3 cm³/mol. The summed E-state index contributed by atoms with van der Waals surface area (Å²) in [4.78, 5) is 15.5. The third kappa shape index (κ3) is 4.84. The molecule has 0 N–H and O–H groups in total. The van der Waals surface area contributed by atoms with Gasteiger partial charge in [0.1, 0.15) is 5.75 Å². The van der Waals surface area contributed by atoms with Crippen molar-refractivity contribution in [2.45, 2.75) is 13.5 Å². The van der Waals surface area contributed by atoms with Crippen LogP contribution in [0.25, 0.3) is 0 Å². The Morgan fingerprint density at radius 2 is 2.05 bits per heavy atom. The average Bonchev–Trinajstić information content (AvgIpc) is 2.37. The van der Waals surface area contributed by atoms with Crippen molar-refractivity contribution in [2.75, 3.05) is 34.3 Å². The first-order chi connectivity index (χ1) is 8.97. The summed E-state index contributed by atoms with van der Waals surface area (Å²) in [5.74, 6) is 0.936. The van der Waals surface area contributed by atoms with Gasteiger partial charge >= 0.3 is 0 Å². The number of nitrogens with zero attached hydrogens (tertiary/aromatic N) is 2. The van der Waals surface area contributed by atoms with Crippen molar-refractivity contribution in [3.8, 4) is 5.75 Å². The highest BCUT2D eigenvalue weighted by Crippen LogP contribution is 2.25. The Morgan fingerprint density at radius 1 is 1.37 bits per heavy atom. The minimum absolute atomic E-state index is 0.120. The quantitative estimate of drug-likeness (QED) is 0.803. The summed E-state index contributed by atoms with van der Waals surface area (Å²) in [7, 11) is 5.20. The molecule has 0 fully saturated rings. The summed E-state index contributed by atoms with van der Waals surface area (Å²) >= 11 is 3.47. The smallest absolute Gasteiger partial charge is 0.236 e. The molecule has 0 aliphatic rings. The summed E-state index contributed by atoms with van der Waals surface area (Å²) in [5, 5.41) is 0. The summed E-state index contributed by atoms with van der Waals surface area (Å²) in [6, 6.07) is 5.98. The second-order valence-corrected chi connectivity index (χ2v) is 5.41. The van der Waals surface area contributed by atoms with Gasteiger partial charge in [-0.25, -0.2) is 0 Å². The highest BCUT2D eigenvalue weighted by Gasteiger charge is 2.12. The van der Waals surface area contributed by atoms with Gasteiger partial charge in [-0.05, 0) is 40.2 Å². The van der Waals surface area contributed by atoms with Crippen molar-refractivity contribution < 1.29 is 9.53 Å². The van der Waals surface area contributed by atoms with E-state index in [0.717, 1.165) is 28.9 Å². The Morgan fingerprint density at radius 3 is 2.53 bits per heavy atom. The van der Waals surface area contributed by atoms with Crippen molar-refractivity contribution in [3.63, 3.8) is 0 Å². The molecule has 106 valence electrons. The molecule has 1 amide bonds. The van der Waals surface area contributed by atoms with Crippen molar-refractivity contribution >= 4 is 21.8 Å². The molecule has 1 aromatic carbocycles. The maximum Gasteiger partial charge on any atom is 0.236 e. The molecule has 4 nitrogen and oxygen atoms in total. The first kappa shape index (κ1) is 16.0. The van der Waals surface area contributed by atoms with Crippen molar-refractivity contribution in [3.05, 3.63) is 28.2 Å². The number of likely N-dealkylation sites (N-methyl/N-ethyl adjacent to an activating group) is 2. The van der Waals surface area contributed by atoms with E-state index in [1.165, 1.54) is 0 Å². The van der Waals surface area contributed by atoms with Crippen LogP contribution < -0.4 is 4.74 Å². The van der Waals surface area contributed by atoms with Crippen LogP contribution in [0.1, 0.15) is 12.5 Å².